The molecule has 3 nitrogen and oxygen atoms in total. The van der Waals surface area contributed by atoms with Gasteiger partial charge in [0, 0.05) is 60.0 Å². The lowest BCUT2D eigenvalue weighted by atomic mass is 9.71. The summed E-state index contributed by atoms with van der Waals surface area (Å²) in [5.41, 5.74) is 14.4. The van der Waals surface area contributed by atoms with Crippen LogP contribution in [0, 0.1) is 13.8 Å². The van der Waals surface area contributed by atoms with Crippen LogP contribution >= 0.6 is 0 Å². The summed E-state index contributed by atoms with van der Waals surface area (Å²) in [5, 5.41) is 0. The number of aryl methyl sites for hydroxylation is 2. The van der Waals surface area contributed by atoms with Crippen molar-refractivity contribution in [3.8, 4) is 0 Å². The number of nitrogens with zero attached hydrogens (tertiary/aromatic N) is 3. The summed E-state index contributed by atoms with van der Waals surface area (Å²) >= 11 is 0. The average molecular weight is 720 g/mol. The SMILES string of the molecule is CCN(Cc1ccccc1)c1ccc(C(C)(c2ccc(N(CC)Cc3ccccc3)cc2)c2ccc(N(c3ccc(C)cc3)c3ccc(C)cc3)cc2)cc1. The minimum atomic E-state index is -0.402. The summed E-state index contributed by atoms with van der Waals surface area (Å²) in [5.74, 6) is 0. The van der Waals surface area contributed by atoms with Crippen molar-refractivity contribution < 1.29 is 0 Å². The Bertz CT molecular complexity index is 2090. The molecule has 7 aromatic rings. The molecule has 0 saturated heterocycles. The zero-order valence-electron chi connectivity index (χ0n) is 33.0. The Morgan fingerprint density at radius 2 is 0.655 bits per heavy atom. The van der Waals surface area contributed by atoms with Crippen LogP contribution in [0.5, 0.6) is 0 Å². The van der Waals surface area contributed by atoms with Crippen molar-refractivity contribution in [2.75, 3.05) is 27.8 Å². The molecular weight excluding hydrogens is 667 g/mol. The van der Waals surface area contributed by atoms with Crippen LogP contribution < -0.4 is 14.7 Å². The van der Waals surface area contributed by atoms with Crippen molar-refractivity contribution in [1.29, 1.82) is 0 Å². The van der Waals surface area contributed by atoms with E-state index in [0.717, 1.165) is 43.2 Å². The molecule has 7 rings (SSSR count). The summed E-state index contributed by atoms with van der Waals surface area (Å²) in [6.45, 7) is 14.8. The molecule has 0 aliphatic heterocycles. The number of benzene rings is 7. The van der Waals surface area contributed by atoms with E-state index >= 15 is 0 Å². The molecule has 55 heavy (non-hydrogen) atoms. The van der Waals surface area contributed by atoms with E-state index in [-0.39, 0.29) is 0 Å². The lowest BCUT2D eigenvalue weighted by Crippen LogP contribution is -2.27. The van der Waals surface area contributed by atoms with Gasteiger partial charge >= 0.3 is 0 Å². The van der Waals surface area contributed by atoms with Crippen LogP contribution in [0.15, 0.2) is 182 Å². The number of hydrogen-bond acceptors (Lipinski definition) is 3. The third-order valence-corrected chi connectivity index (χ3v) is 11.1. The van der Waals surface area contributed by atoms with E-state index in [4.69, 9.17) is 0 Å². The highest BCUT2D eigenvalue weighted by Gasteiger charge is 2.32. The molecule has 0 aromatic heterocycles. The molecule has 0 aliphatic rings. The standard InChI is InChI=1S/C52H53N3/c1-6-53(38-42-14-10-8-11-15-42)47-32-22-44(23-33-47)52(5,45-24-34-48(35-25-45)54(7-2)39-43-16-12-9-13-17-43)46-26-36-51(37-27-46)55(49-28-18-40(3)19-29-49)50-30-20-41(4)21-31-50/h8-37H,6-7,38-39H2,1-5H3. The van der Waals surface area contributed by atoms with Gasteiger partial charge in [-0.1, -0.05) is 132 Å². The van der Waals surface area contributed by atoms with Crippen molar-refractivity contribution in [1.82, 2.24) is 0 Å². The Morgan fingerprint density at radius 1 is 0.364 bits per heavy atom. The van der Waals surface area contributed by atoms with Crippen molar-refractivity contribution in [2.45, 2.75) is 53.1 Å². The van der Waals surface area contributed by atoms with E-state index in [0.29, 0.717) is 0 Å². The van der Waals surface area contributed by atoms with E-state index in [1.165, 1.54) is 50.3 Å². The fourth-order valence-electron chi connectivity index (χ4n) is 7.67. The predicted octanol–water partition coefficient (Wildman–Crippen LogP) is 13.2. The first kappa shape index (κ1) is 37.3. The van der Waals surface area contributed by atoms with Gasteiger partial charge in [-0.05, 0) is 123 Å². The van der Waals surface area contributed by atoms with E-state index in [9.17, 15) is 0 Å². The van der Waals surface area contributed by atoms with Crippen LogP contribution in [0.3, 0.4) is 0 Å². The third kappa shape index (κ3) is 8.37. The van der Waals surface area contributed by atoms with Gasteiger partial charge < -0.3 is 14.7 Å². The molecule has 0 aliphatic carbocycles. The van der Waals surface area contributed by atoms with Crippen molar-refractivity contribution in [2.24, 2.45) is 0 Å². The largest absolute Gasteiger partial charge is 0.367 e. The van der Waals surface area contributed by atoms with Crippen LogP contribution in [-0.4, -0.2) is 13.1 Å². The molecular formula is C52H53N3. The first-order valence-electron chi connectivity index (χ1n) is 19.7. The molecule has 7 aromatic carbocycles. The maximum absolute atomic E-state index is 2.44. The summed E-state index contributed by atoms with van der Waals surface area (Å²) in [6, 6.07) is 66.9. The average Bonchev–Trinajstić information content (AvgIpc) is 3.24. The van der Waals surface area contributed by atoms with Gasteiger partial charge in [-0.15, -0.1) is 0 Å². The number of anilines is 5. The number of rotatable bonds is 14. The summed E-state index contributed by atoms with van der Waals surface area (Å²) in [7, 11) is 0. The zero-order chi connectivity index (χ0) is 38.2. The normalized spacial score (nSPS) is 11.3. The molecule has 0 N–H and O–H groups in total. The molecule has 0 heterocycles. The van der Waals surface area contributed by atoms with Crippen molar-refractivity contribution in [3.05, 3.63) is 221 Å². The highest BCUT2D eigenvalue weighted by Crippen LogP contribution is 2.42. The first-order chi connectivity index (χ1) is 26.8. The van der Waals surface area contributed by atoms with E-state index < -0.39 is 5.41 Å². The lowest BCUT2D eigenvalue weighted by molar-refractivity contribution is 0.691. The molecule has 0 unspecified atom stereocenters. The van der Waals surface area contributed by atoms with Gasteiger partial charge in [-0.25, -0.2) is 0 Å². The predicted molar refractivity (Wildman–Crippen MR) is 235 cm³/mol. The fourth-order valence-corrected chi connectivity index (χ4v) is 7.67. The van der Waals surface area contributed by atoms with Crippen LogP contribution in [0.25, 0.3) is 0 Å². The van der Waals surface area contributed by atoms with Crippen LogP contribution in [-0.2, 0) is 18.5 Å². The van der Waals surface area contributed by atoms with E-state index in [1.54, 1.807) is 0 Å². The summed E-state index contributed by atoms with van der Waals surface area (Å²) in [6.07, 6.45) is 0. The van der Waals surface area contributed by atoms with Gasteiger partial charge in [0.2, 0.25) is 0 Å². The van der Waals surface area contributed by atoms with Gasteiger partial charge in [0.05, 0.1) is 0 Å². The quantitative estimate of drug-likeness (QED) is 0.104. The molecule has 0 atom stereocenters. The van der Waals surface area contributed by atoms with Gasteiger partial charge in [0.1, 0.15) is 0 Å². The third-order valence-electron chi connectivity index (χ3n) is 11.1. The molecule has 0 spiro atoms. The summed E-state index contributed by atoms with van der Waals surface area (Å²) < 4.78 is 0. The minimum Gasteiger partial charge on any atom is -0.367 e. The lowest BCUT2D eigenvalue weighted by Gasteiger charge is -2.34. The van der Waals surface area contributed by atoms with Gasteiger partial charge in [0.25, 0.3) is 0 Å². The molecule has 0 fully saturated rings. The maximum atomic E-state index is 2.44. The highest BCUT2D eigenvalue weighted by atomic mass is 15.1. The molecule has 0 saturated carbocycles. The van der Waals surface area contributed by atoms with E-state index in [2.05, 4.69) is 231 Å². The second-order valence-electron chi connectivity index (χ2n) is 14.8. The van der Waals surface area contributed by atoms with Gasteiger partial charge in [0.15, 0.2) is 0 Å². The Balaban J connectivity index is 1.27. The second-order valence-corrected chi connectivity index (χ2v) is 14.8. The van der Waals surface area contributed by atoms with Crippen molar-refractivity contribution in [3.63, 3.8) is 0 Å². The Kier molecular flexibility index (Phi) is 11.5. The first-order valence-corrected chi connectivity index (χ1v) is 19.7. The second kappa shape index (κ2) is 17.0. The maximum Gasteiger partial charge on any atom is 0.0461 e. The molecule has 0 amide bonds. The van der Waals surface area contributed by atoms with Crippen LogP contribution in [0.4, 0.5) is 28.4 Å². The zero-order valence-corrected chi connectivity index (χ0v) is 33.0. The van der Waals surface area contributed by atoms with Crippen molar-refractivity contribution >= 4 is 28.4 Å². The Labute approximate surface area is 329 Å². The monoisotopic (exact) mass is 719 g/mol. The van der Waals surface area contributed by atoms with Crippen LogP contribution in [0.1, 0.15) is 59.7 Å². The molecule has 0 bridgehead atoms. The van der Waals surface area contributed by atoms with Gasteiger partial charge in [-0.2, -0.15) is 0 Å². The van der Waals surface area contributed by atoms with Gasteiger partial charge in [-0.3, -0.25) is 0 Å². The minimum absolute atomic E-state index is 0.402. The highest BCUT2D eigenvalue weighted by molar-refractivity contribution is 5.77. The molecule has 0 radical (unpaired) electrons. The topological polar surface area (TPSA) is 9.72 Å². The summed E-state index contributed by atoms with van der Waals surface area (Å²) in [4.78, 5) is 7.23. The Hall–Kier alpha value is -6.06. The molecule has 276 valence electrons. The van der Waals surface area contributed by atoms with Crippen LogP contribution in [0.2, 0.25) is 0 Å². The Morgan fingerprint density at radius 3 is 0.964 bits per heavy atom. The number of hydrogen-bond donors (Lipinski definition) is 0. The molecule has 3 heteroatoms. The van der Waals surface area contributed by atoms with E-state index in [1.807, 2.05) is 0 Å². The fraction of sp³-hybridized carbons (Fsp3) is 0.192. The smallest absolute Gasteiger partial charge is 0.0461 e.